The highest BCUT2D eigenvalue weighted by Crippen LogP contribution is 2.27. The highest BCUT2D eigenvalue weighted by molar-refractivity contribution is 5.79. The molecule has 1 fully saturated rings. The van der Waals surface area contributed by atoms with Crippen molar-refractivity contribution in [2.45, 2.75) is 38.3 Å². The first-order valence-electron chi connectivity index (χ1n) is 6.61. The molecule has 4 heteroatoms. The van der Waals surface area contributed by atoms with E-state index in [1.165, 1.54) is 0 Å². The van der Waals surface area contributed by atoms with E-state index in [1.54, 1.807) is 13.2 Å². The van der Waals surface area contributed by atoms with Crippen molar-refractivity contribution in [3.05, 3.63) is 30.1 Å². The van der Waals surface area contributed by atoms with E-state index in [0.29, 0.717) is 0 Å². The van der Waals surface area contributed by atoms with Gasteiger partial charge in [-0.05, 0) is 31.9 Å². The molecule has 1 aromatic rings. The Hall–Kier alpha value is -1.42. The fraction of sp³-hybridized carbons (Fsp3) is 0.571. The number of nitrogens with one attached hydrogen (secondary N) is 2. The van der Waals surface area contributed by atoms with Crippen LogP contribution in [0.4, 0.5) is 0 Å². The monoisotopic (exact) mass is 247 g/mol. The first-order valence-corrected chi connectivity index (χ1v) is 6.61. The number of pyridine rings is 1. The van der Waals surface area contributed by atoms with Gasteiger partial charge in [-0.3, -0.25) is 9.78 Å². The van der Waals surface area contributed by atoms with E-state index in [0.717, 1.165) is 25.0 Å². The molecule has 1 aliphatic rings. The molecular formula is C14H21N3O. The second kappa shape index (κ2) is 5.96. The Morgan fingerprint density at radius 3 is 2.94 bits per heavy atom. The summed E-state index contributed by atoms with van der Waals surface area (Å²) in [5, 5.41) is 6.29. The van der Waals surface area contributed by atoms with Gasteiger partial charge < -0.3 is 10.6 Å². The molecule has 0 aliphatic heterocycles. The van der Waals surface area contributed by atoms with Crippen LogP contribution in [0.15, 0.2) is 24.4 Å². The topological polar surface area (TPSA) is 54.0 Å². The van der Waals surface area contributed by atoms with Crippen LogP contribution in [0, 0.1) is 5.92 Å². The molecule has 0 aromatic carbocycles. The van der Waals surface area contributed by atoms with Gasteiger partial charge in [0.2, 0.25) is 5.91 Å². The molecule has 2 rings (SSSR count). The van der Waals surface area contributed by atoms with Gasteiger partial charge in [0.1, 0.15) is 0 Å². The fourth-order valence-corrected chi connectivity index (χ4v) is 2.70. The molecular weight excluding hydrogens is 226 g/mol. The zero-order valence-electron chi connectivity index (χ0n) is 11.0. The summed E-state index contributed by atoms with van der Waals surface area (Å²) in [6.45, 7) is 2.10. The number of hydrogen-bond acceptors (Lipinski definition) is 3. The van der Waals surface area contributed by atoms with Crippen LogP contribution < -0.4 is 10.6 Å². The quantitative estimate of drug-likeness (QED) is 0.850. The molecule has 0 unspecified atom stereocenters. The minimum atomic E-state index is 0.0983. The van der Waals surface area contributed by atoms with E-state index < -0.39 is 0 Å². The largest absolute Gasteiger partial charge is 0.359 e. The highest BCUT2D eigenvalue weighted by Gasteiger charge is 2.33. The highest BCUT2D eigenvalue weighted by atomic mass is 16.1. The van der Waals surface area contributed by atoms with Crippen LogP contribution in [-0.2, 0) is 4.79 Å². The summed E-state index contributed by atoms with van der Waals surface area (Å²) in [4.78, 5) is 16.1. The molecule has 1 saturated carbocycles. The maximum Gasteiger partial charge on any atom is 0.224 e. The van der Waals surface area contributed by atoms with Crippen molar-refractivity contribution in [1.29, 1.82) is 0 Å². The van der Waals surface area contributed by atoms with Crippen LogP contribution in [0.2, 0.25) is 0 Å². The van der Waals surface area contributed by atoms with E-state index in [1.807, 2.05) is 18.2 Å². The van der Waals surface area contributed by atoms with Crippen molar-refractivity contribution in [3.8, 4) is 0 Å². The Bertz CT molecular complexity index is 393. The molecule has 0 spiro atoms. The van der Waals surface area contributed by atoms with Gasteiger partial charge in [0.25, 0.3) is 0 Å². The number of rotatable bonds is 4. The average molecular weight is 247 g/mol. The normalized spacial score (nSPS) is 24.8. The molecule has 1 aliphatic carbocycles. The molecule has 0 radical (unpaired) electrons. The maximum atomic E-state index is 11.8. The van der Waals surface area contributed by atoms with Crippen molar-refractivity contribution >= 4 is 5.91 Å². The first-order chi connectivity index (χ1) is 8.72. The molecule has 1 aromatic heterocycles. The Morgan fingerprint density at radius 1 is 1.44 bits per heavy atom. The van der Waals surface area contributed by atoms with Crippen LogP contribution in [0.5, 0.6) is 0 Å². The molecule has 98 valence electrons. The predicted molar refractivity (Wildman–Crippen MR) is 71.0 cm³/mol. The Balaban J connectivity index is 1.98. The zero-order chi connectivity index (χ0) is 13.0. The lowest BCUT2D eigenvalue weighted by atomic mass is 10.0. The third kappa shape index (κ3) is 2.88. The number of aromatic nitrogens is 1. The van der Waals surface area contributed by atoms with Crippen molar-refractivity contribution < 1.29 is 4.79 Å². The summed E-state index contributed by atoms with van der Waals surface area (Å²) < 4.78 is 0. The Labute approximate surface area is 108 Å². The minimum absolute atomic E-state index is 0.0983. The number of hydrogen-bond donors (Lipinski definition) is 2. The predicted octanol–water partition coefficient (Wildman–Crippen LogP) is 1.65. The number of carbonyl (C=O) groups excluding carboxylic acids is 1. The first kappa shape index (κ1) is 13.0. The molecule has 0 saturated heterocycles. The smallest absolute Gasteiger partial charge is 0.224 e. The molecule has 18 heavy (non-hydrogen) atoms. The van der Waals surface area contributed by atoms with Crippen molar-refractivity contribution in [2.75, 3.05) is 7.05 Å². The lowest BCUT2D eigenvalue weighted by Gasteiger charge is -2.23. The summed E-state index contributed by atoms with van der Waals surface area (Å²) in [6.07, 6.45) is 4.96. The standard InChI is InChI=1S/C14H21N3O/c1-10(12-7-3-4-9-16-12)17-13-8-5-6-11(13)14(18)15-2/h3-4,7,9-11,13,17H,5-6,8H2,1-2H3,(H,15,18)/t10-,11-,13+/m1/s1. The molecule has 1 amide bonds. The van der Waals surface area contributed by atoms with Gasteiger partial charge in [-0.1, -0.05) is 12.5 Å². The Morgan fingerprint density at radius 2 is 2.28 bits per heavy atom. The van der Waals surface area contributed by atoms with Gasteiger partial charge in [-0.2, -0.15) is 0 Å². The van der Waals surface area contributed by atoms with E-state index in [4.69, 9.17) is 0 Å². The van der Waals surface area contributed by atoms with Crippen LogP contribution >= 0.6 is 0 Å². The summed E-state index contributed by atoms with van der Waals surface area (Å²) >= 11 is 0. The van der Waals surface area contributed by atoms with Crippen molar-refractivity contribution in [2.24, 2.45) is 5.92 Å². The van der Waals surface area contributed by atoms with Crippen LogP contribution in [0.3, 0.4) is 0 Å². The summed E-state index contributed by atoms with van der Waals surface area (Å²) in [7, 11) is 1.71. The molecule has 3 atom stereocenters. The molecule has 0 bridgehead atoms. The minimum Gasteiger partial charge on any atom is -0.359 e. The third-order valence-corrected chi connectivity index (χ3v) is 3.69. The summed E-state index contributed by atoms with van der Waals surface area (Å²) in [6, 6.07) is 6.37. The second-order valence-corrected chi connectivity index (χ2v) is 4.90. The maximum absolute atomic E-state index is 11.8. The van der Waals surface area contributed by atoms with Crippen LogP contribution in [0.25, 0.3) is 0 Å². The van der Waals surface area contributed by atoms with Gasteiger partial charge in [0, 0.05) is 25.3 Å². The van der Waals surface area contributed by atoms with Crippen LogP contribution in [-0.4, -0.2) is 24.0 Å². The van der Waals surface area contributed by atoms with E-state index in [-0.39, 0.29) is 23.9 Å². The van der Waals surface area contributed by atoms with Gasteiger partial charge in [0.05, 0.1) is 11.6 Å². The van der Waals surface area contributed by atoms with Crippen molar-refractivity contribution in [1.82, 2.24) is 15.6 Å². The molecule has 4 nitrogen and oxygen atoms in total. The third-order valence-electron chi connectivity index (χ3n) is 3.69. The van der Waals surface area contributed by atoms with Crippen molar-refractivity contribution in [3.63, 3.8) is 0 Å². The lowest BCUT2D eigenvalue weighted by molar-refractivity contribution is -0.124. The van der Waals surface area contributed by atoms with Crippen LogP contribution in [0.1, 0.15) is 37.9 Å². The number of amides is 1. The number of carbonyl (C=O) groups is 1. The molecule has 2 N–H and O–H groups in total. The zero-order valence-corrected chi connectivity index (χ0v) is 11.0. The summed E-state index contributed by atoms with van der Waals surface area (Å²) in [5.41, 5.74) is 1.03. The SMILES string of the molecule is CNC(=O)[C@@H]1CCC[C@@H]1N[C@H](C)c1ccccn1. The van der Waals surface area contributed by atoms with Gasteiger partial charge in [0.15, 0.2) is 0 Å². The average Bonchev–Trinajstić information content (AvgIpc) is 2.87. The van der Waals surface area contributed by atoms with Gasteiger partial charge in [-0.15, -0.1) is 0 Å². The molecule has 1 heterocycles. The van der Waals surface area contributed by atoms with E-state index in [2.05, 4.69) is 22.5 Å². The fourth-order valence-electron chi connectivity index (χ4n) is 2.70. The number of nitrogens with zero attached hydrogens (tertiary/aromatic N) is 1. The van der Waals surface area contributed by atoms with Gasteiger partial charge in [-0.25, -0.2) is 0 Å². The van der Waals surface area contributed by atoms with E-state index >= 15 is 0 Å². The van der Waals surface area contributed by atoms with E-state index in [9.17, 15) is 4.79 Å². The second-order valence-electron chi connectivity index (χ2n) is 4.90. The lowest BCUT2D eigenvalue weighted by Crippen LogP contribution is -2.41. The van der Waals surface area contributed by atoms with Gasteiger partial charge >= 0.3 is 0 Å². The summed E-state index contributed by atoms with van der Waals surface area (Å²) in [5.74, 6) is 0.249. The Kier molecular flexibility index (Phi) is 4.31.